The van der Waals surface area contributed by atoms with Crippen molar-refractivity contribution < 1.29 is 37.3 Å². The van der Waals surface area contributed by atoms with Gasteiger partial charge in [0, 0.05) is 56.1 Å². The zero-order valence-corrected chi connectivity index (χ0v) is 28.7. The molecule has 270 valence electrons. The summed E-state index contributed by atoms with van der Waals surface area (Å²) in [6, 6.07) is 15.8. The number of pyridine rings is 2. The Hall–Kier alpha value is -5.73. The molecule has 52 heavy (non-hydrogen) atoms. The normalized spacial score (nSPS) is 14.4. The molecule has 0 bridgehead atoms. The molecule has 2 aliphatic heterocycles. The third-order valence-electron chi connectivity index (χ3n) is 8.92. The molecule has 1 amide bonds. The van der Waals surface area contributed by atoms with E-state index in [0.717, 1.165) is 45.3 Å². The lowest BCUT2D eigenvalue weighted by Gasteiger charge is -2.30. The van der Waals surface area contributed by atoms with Crippen LogP contribution in [0.25, 0.3) is 16.6 Å². The maximum Gasteiger partial charge on any atom is 0.270 e. The number of morpholine rings is 1. The number of aromatic nitrogens is 2. The number of ether oxygens (including phenoxy) is 5. The van der Waals surface area contributed by atoms with Crippen molar-refractivity contribution in [3.05, 3.63) is 100 Å². The average molecular weight is 714 g/mol. The molecule has 4 heterocycles. The number of likely N-dealkylation sites (N-methyl/N-ethyl adjacent to an activating group) is 1. The van der Waals surface area contributed by atoms with Gasteiger partial charge in [0.25, 0.3) is 11.5 Å². The first-order valence-corrected chi connectivity index (χ1v) is 16.9. The predicted molar refractivity (Wildman–Crippen MR) is 191 cm³/mol. The van der Waals surface area contributed by atoms with Crippen molar-refractivity contribution in [3.8, 4) is 34.6 Å². The molecule has 1 fully saturated rings. The van der Waals surface area contributed by atoms with E-state index in [4.69, 9.17) is 23.7 Å². The zero-order chi connectivity index (χ0) is 36.2. The van der Waals surface area contributed by atoms with Crippen LogP contribution >= 0.6 is 0 Å². The van der Waals surface area contributed by atoms with Gasteiger partial charge >= 0.3 is 0 Å². The number of methoxy groups -OCH3 is 1. The van der Waals surface area contributed by atoms with E-state index in [2.05, 4.69) is 15.2 Å². The smallest absolute Gasteiger partial charge is 0.270 e. The van der Waals surface area contributed by atoms with Crippen LogP contribution in [-0.2, 0) is 4.74 Å². The second-order valence-electron chi connectivity index (χ2n) is 12.3. The van der Waals surface area contributed by atoms with Crippen LogP contribution in [0.3, 0.4) is 0 Å². The van der Waals surface area contributed by atoms with Crippen LogP contribution in [0.5, 0.6) is 28.9 Å². The van der Waals surface area contributed by atoms with Crippen LogP contribution < -0.4 is 34.7 Å². The lowest BCUT2D eigenvalue weighted by atomic mass is 10.1. The van der Waals surface area contributed by atoms with E-state index in [0.29, 0.717) is 59.3 Å². The number of amides is 1. The van der Waals surface area contributed by atoms with Gasteiger partial charge in [-0.05, 0) is 61.0 Å². The van der Waals surface area contributed by atoms with Gasteiger partial charge in [0.2, 0.25) is 5.88 Å². The minimum atomic E-state index is -0.762. The van der Waals surface area contributed by atoms with Gasteiger partial charge in [0.05, 0.1) is 50.4 Å². The summed E-state index contributed by atoms with van der Waals surface area (Å²) >= 11 is 0. The molecule has 0 saturated carbocycles. The van der Waals surface area contributed by atoms with E-state index < -0.39 is 23.1 Å². The van der Waals surface area contributed by atoms with E-state index in [9.17, 15) is 14.0 Å². The highest BCUT2D eigenvalue weighted by Crippen LogP contribution is 2.38. The van der Waals surface area contributed by atoms with Gasteiger partial charge in [-0.15, -0.1) is 0 Å². The standard InChI is InChI=1S/C38H37F2N5O7/c1-43-13-19-51-38-31(43)21-28(37(47)45(38)26-7-4-24(39)5-8-26)36(46)42-25-6-9-33(29(40)20-25)52-32-10-11-41-30-23-35(34(48-2)22-27(30)32)50-16-3-12-44-14-17-49-18-15-44/h4-11,20-23H,3,12-19H2,1-2H3,(H,42,46). The van der Waals surface area contributed by atoms with Crippen LogP contribution in [-0.4, -0.2) is 87.1 Å². The maximum atomic E-state index is 15.5. The fraction of sp³-hybridized carbons (Fsp3) is 0.289. The molecule has 1 saturated heterocycles. The highest BCUT2D eigenvalue weighted by atomic mass is 19.1. The predicted octanol–water partition coefficient (Wildman–Crippen LogP) is 5.65. The van der Waals surface area contributed by atoms with Crippen molar-refractivity contribution in [2.45, 2.75) is 6.42 Å². The highest BCUT2D eigenvalue weighted by molar-refractivity contribution is 6.05. The molecule has 2 aromatic heterocycles. The fourth-order valence-corrected chi connectivity index (χ4v) is 6.15. The molecule has 2 aliphatic rings. The van der Waals surface area contributed by atoms with Crippen LogP contribution in [0, 0.1) is 11.6 Å². The summed E-state index contributed by atoms with van der Waals surface area (Å²) in [6.07, 6.45) is 2.39. The maximum absolute atomic E-state index is 15.5. The van der Waals surface area contributed by atoms with E-state index in [1.807, 2.05) is 4.90 Å². The third-order valence-corrected chi connectivity index (χ3v) is 8.92. The molecule has 14 heteroatoms. The number of benzene rings is 3. The molecular weight excluding hydrogens is 676 g/mol. The molecule has 12 nitrogen and oxygen atoms in total. The Bertz CT molecular complexity index is 2160. The van der Waals surface area contributed by atoms with E-state index in [-0.39, 0.29) is 22.9 Å². The van der Waals surface area contributed by atoms with Gasteiger partial charge in [0.1, 0.15) is 23.7 Å². The SMILES string of the molecule is COc1cc2c(Oc3ccc(NC(=O)c4cc5c(n(-c6ccc(F)cc6)c4=O)OCCN5C)cc3F)ccnc2cc1OCCCN1CCOCC1. The number of carbonyl (C=O) groups excluding carboxylic acids is 1. The number of carbonyl (C=O) groups is 1. The monoisotopic (exact) mass is 713 g/mol. The molecule has 0 spiro atoms. The number of hydrogen-bond donors (Lipinski definition) is 1. The van der Waals surface area contributed by atoms with Gasteiger partial charge in [-0.25, -0.2) is 13.3 Å². The van der Waals surface area contributed by atoms with Gasteiger partial charge in [-0.2, -0.15) is 0 Å². The quantitative estimate of drug-likeness (QED) is 0.172. The Balaban J connectivity index is 1.08. The number of nitrogens with one attached hydrogen (secondary N) is 1. The molecule has 5 aromatic rings. The Morgan fingerprint density at radius 3 is 2.50 bits per heavy atom. The number of halogens is 2. The second-order valence-corrected chi connectivity index (χ2v) is 12.3. The number of anilines is 2. The van der Waals surface area contributed by atoms with E-state index in [1.54, 1.807) is 38.6 Å². The molecular formula is C38H37F2N5O7. The summed E-state index contributed by atoms with van der Waals surface area (Å²) < 4.78 is 59.3. The lowest BCUT2D eigenvalue weighted by Crippen LogP contribution is -2.37. The summed E-state index contributed by atoms with van der Waals surface area (Å²) in [7, 11) is 3.35. The highest BCUT2D eigenvalue weighted by Gasteiger charge is 2.26. The minimum absolute atomic E-state index is 0.0980. The Morgan fingerprint density at radius 1 is 0.923 bits per heavy atom. The molecule has 0 unspecified atom stereocenters. The average Bonchev–Trinajstić information content (AvgIpc) is 3.15. The van der Waals surface area contributed by atoms with Gasteiger partial charge in [-0.1, -0.05) is 0 Å². The first-order valence-electron chi connectivity index (χ1n) is 16.9. The van der Waals surface area contributed by atoms with Crippen LogP contribution in [0.2, 0.25) is 0 Å². The molecule has 7 rings (SSSR count). The fourth-order valence-electron chi connectivity index (χ4n) is 6.15. The largest absolute Gasteiger partial charge is 0.493 e. The van der Waals surface area contributed by atoms with Crippen molar-refractivity contribution in [1.29, 1.82) is 0 Å². The Morgan fingerprint density at radius 2 is 1.73 bits per heavy atom. The van der Waals surface area contributed by atoms with Gasteiger partial charge < -0.3 is 33.9 Å². The molecule has 0 atom stereocenters. The van der Waals surface area contributed by atoms with E-state index in [1.165, 1.54) is 47.0 Å². The van der Waals surface area contributed by atoms with E-state index >= 15 is 4.39 Å². The third kappa shape index (κ3) is 7.34. The Labute approximate surface area is 298 Å². The lowest BCUT2D eigenvalue weighted by molar-refractivity contribution is 0.0357. The summed E-state index contributed by atoms with van der Waals surface area (Å²) in [5.74, 6) is -0.505. The Kier molecular flexibility index (Phi) is 10.2. The minimum Gasteiger partial charge on any atom is -0.493 e. The van der Waals surface area contributed by atoms with Crippen LogP contribution in [0.4, 0.5) is 20.2 Å². The number of fused-ring (bicyclic) bond motifs is 2. The molecule has 0 aliphatic carbocycles. The summed E-state index contributed by atoms with van der Waals surface area (Å²) in [5, 5.41) is 3.19. The van der Waals surface area contributed by atoms with Crippen molar-refractivity contribution in [1.82, 2.24) is 14.5 Å². The molecule has 0 radical (unpaired) electrons. The van der Waals surface area contributed by atoms with Crippen molar-refractivity contribution in [2.75, 3.05) is 77.0 Å². The van der Waals surface area contributed by atoms with Crippen molar-refractivity contribution in [2.24, 2.45) is 0 Å². The molecule has 1 N–H and O–H groups in total. The van der Waals surface area contributed by atoms with Crippen molar-refractivity contribution in [3.63, 3.8) is 0 Å². The molecule has 3 aromatic carbocycles. The van der Waals surface area contributed by atoms with Crippen LogP contribution in [0.15, 0.2) is 77.7 Å². The van der Waals surface area contributed by atoms with Crippen molar-refractivity contribution >= 4 is 28.2 Å². The summed E-state index contributed by atoms with van der Waals surface area (Å²) in [5.41, 5.74) is 0.599. The number of nitrogens with zero attached hydrogens (tertiary/aromatic N) is 4. The van der Waals surface area contributed by atoms with Crippen LogP contribution in [0.1, 0.15) is 16.8 Å². The van der Waals surface area contributed by atoms with Gasteiger partial charge in [-0.3, -0.25) is 19.5 Å². The first-order chi connectivity index (χ1) is 25.3. The topological polar surface area (TPSA) is 117 Å². The number of hydrogen-bond acceptors (Lipinski definition) is 10. The first kappa shape index (κ1) is 34.7. The van der Waals surface area contributed by atoms with Gasteiger partial charge in [0.15, 0.2) is 23.1 Å². The second kappa shape index (κ2) is 15.3. The zero-order valence-electron chi connectivity index (χ0n) is 28.7. The number of rotatable bonds is 11. The summed E-state index contributed by atoms with van der Waals surface area (Å²) in [6.45, 7) is 5.55. The summed E-state index contributed by atoms with van der Waals surface area (Å²) in [4.78, 5) is 35.8.